The van der Waals surface area contributed by atoms with Gasteiger partial charge in [-0.15, -0.1) is 0 Å². The molecular weight excluding hydrogens is 119 g/mol. The first-order chi connectivity index (χ1) is 4.33. The van der Waals surface area contributed by atoms with Crippen LogP contribution in [0.25, 0.3) is 0 Å². The molecule has 0 saturated heterocycles. The van der Waals surface area contributed by atoms with Crippen molar-refractivity contribution in [2.24, 2.45) is 0 Å². The minimum Gasteiger partial charge on any atom is -0.381 e. The number of methoxy groups -OCH3 is 1. The van der Waals surface area contributed by atoms with Crippen LogP contribution in [0.2, 0.25) is 0 Å². The molecule has 0 bridgehead atoms. The van der Waals surface area contributed by atoms with Crippen LogP contribution in [0.1, 0.15) is 25.7 Å². The molecule has 0 unspecified atom stereocenters. The van der Waals surface area contributed by atoms with E-state index in [1.54, 1.807) is 7.11 Å². The third-order valence-corrected chi connectivity index (χ3v) is 1.94. The number of alkyl halides is 1. The molecule has 0 aromatic heterocycles. The van der Waals surface area contributed by atoms with Crippen molar-refractivity contribution in [3.05, 3.63) is 0 Å². The highest BCUT2D eigenvalue weighted by Crippen LogP contribution is 2.22. The van der Waals surface area contributed by atoms with E-state index >= 15 is 0 Å². The van der Waals surface area contributed by atoms with Crippen molar-refractivity contribution in [2.75, 3.05) is 7.11 Å². The molecule has 1 aliphatic carbocycles. The second kappa shape index (κ2) is 3.16. The fraction of sp³-hybridized carbons (Fsp3) is 1.00. The summed E-state index contributed by atoms with van der Waals surface area (Å²) in [6.45, 7) is 0. The van der Waals surface area contributed by atoms with E-state index in [-0.39, 0.29) is 0 Å². The van der Waals surface area contributed by atoms with E-state index in [1.165, 1.54) is 0 Å². The van der Waals surface area contributed by atoms with E-state index in [9.17, 15) is 4.39 Å². The topological polar surface area (TPSA) is 9.23 Å². The molecule has 0 radical (unpaired) electrons. The number of rotatable bonds is 1. The van der Waals surface area contributed by atoms with Gasteiger partial charge >= 0.3 is 0 Å². The van der Waals surface area contributed by atoms with E-state index in [1.807, 2.05) is 0 Å². The second-order valence-electron chi connectivity index (χ2n) is 2.61. The highest BCUT2D eigenvalue weighted by Gasteiger charge is 2.19. The van der Waals surface area contributed by atoms with Gasteiger partial charge in [-0.1, -0.05) is 0 Å². The SMILES string of the molecule is COC1CCC(F)CC1. The van der Waals surface area contributed by atoms with Gasteiger partial charge in [0.1, 0.15) is 6.17 Å². The van der Waals surface area contributed by atoms with Crippen LogP contribution in [-0.4, -0.2) is 19.4 Å². The summed E-state index contributed by atoms with van der Waals surface area (Å²) in [5, 5.41) is 0. The molecule has 9 heavy (non-hydrogen) atoms. The second-order valence-corrected chi connectivity index (χ2v) is 2.61. The summed E-state index contributed by atoms with van der Waals surface area (Å²) in [7, 11) is 1.70. The monoisotopic (exact) mass is 132 g/mol. The van der Waals surface area contributed by atoms with Crippen LogP contribution in [0.3, 0.4) is 0 Å². The Bertz CT molecular complexity index is 77.0. The average Bonchev–Trinajstić information content (AvgIpc) is 1.90. The fourth-order valence-corrected chi connectivity index (χ4v) is 1.26. The Hall–Kier alpha value is -0.110. The van der Waals surface area contributed by atoms with E-state index in [2.05, 4.69) is 0 Å². The summed E-state index contributed by atoms with van der Waals surface area (Å²) in [5.41, 5.74) is 0. The normalized spacial score (nSPS) is 36.7. The molecule has 1 aliphatic rings. The van der Waals surface area contributed by atoms with Gasteiger partial charge in [0.2, 0.25) is 0 Å². The third kappa shape index (κ3) is 1.94. The molecule has 1 fully saturated rings. The van der Waals surface area contributed by atoms with Crippen LogP contribution < -0.4 is 0 Å². The largest absolute Gasteiger partial charge is 0.381 e. The van der Waals surface area contributed by atoms with E-state index < -0.39 is 6.17 Å². The highest BCUT2D eigenvalue weighted by atomic mass is 19.1. The average molecular weight is 132 g/mol. The molecule has 0 aliphatic heterocycles. The molecule has 0 spiro atoms. The zero-order valence-corrected chi connectivity index (χ0v) is 5.77. The Labute approximate surface area is 55.2 Å². The number of hydrogen-bond acceptors (Lipinski definition) is 1. The smallest absolute Gasteiger partial charge is 0.100 e. The van der Waals surface area contributed by atoms with Crippen LogP contribution in [0, 0.1) is 0 Å². The van der Waals surface area contributed by atoms with Gasteiger partial charge in [0.25, 0.3) is 0 Å². The molecule has 1 rings (SSSR count). The van der Waals surface area contributed by atoms with Crippen LogP contribution in [-0.2, 0) is 4.74 Å². The van der Waals surface area contributed by atoms with Crippen LogP contribution in [0.15, 0.2) is 0 Å². The maximum absolute atomic E-state index is 12.4. The summed E-state index contributed by atoms with van der Waals surface area (Å²) in [6.07, 6.45) is 2.96. The Morgan fingerprint density at radius 3 is 2.22 bits per heavy atom. The van der Waals surface area contributed by atoms with Crippen molar-refractivity contribution >= 4 is 0 Å². The fourth-order valence-electron chi connectivity index (χ4n) is 1.26. The van der Waals surface area contributed by atoms with Gasteiger partial charge in [-0.05, 0) is 25.7 Å². The standard InChI is InChI=1S/C7H13FO/c1-9-7-4-2-6(8)3-5-7/h6-7H,2-5H2,1H3. The zero-order chi connectivity index (χ0) is 6.69. The van der Waals surface area contributed by atoms with Gasteiger partial charge in [0.15, 0.2) is 0 Å². The molecule has 0 amide bonds. The van der Waals surface area contributed by atoms with Crippen molar-refractivity contribution in [2.45, 2.75) is 38.0 Å². The molecular formula is C7H13FO. The molecule has 0 atom stereocenters. The molecule has 0 aromatic rings. The van der Waals surface area contributed by atoms with E-state index in [4.69, 9.17) is 4.74 Å². The van der Waals surface area contributed by atoms with Crippen LogP contribution in [0.5, 0.6) is 0 Å². The van der Waals surface area contributed by atoms with E-state index in [0.717, 1.165) is 12.8 Å². The summed E-state index contributed by atoms with van der Waals surface area (Å²) < 4.78 is 17.5. The predicted octanol–water partition coefficient (Wildman–Crippen LogP) is 1.91. The maximum atomic E-state index is 12.4. The first kappa shape index (κ1) is 7.00. The summed E-state index contributed by atoms with van der Waals surface area (Å²) in [4.78, 5) is 0. The van der Waals surface area contributed by atoms with Crippen molar-refractivity contribution in [1.82, 2.24) is 0 Å². The maximum Gasteiger partial charge on any atom is 0.100 e. The van der Waals surface area contributed by atoms with Crippen molar-refractivity contribution in [1.29, 1.82) is 0 Å². The lowest BCUT2D eigenvalue weighted by atomic mass is 9.96. The predicted molar refractivity (Wildman–Crippen MR) is 34.2 cm³/mol. The Morgan fingerprint density at radius 2 is 1.78 bits per heavy atom. The van der Waals surface area contributed by atoms with Gasteiger partial charge in [-0.2, -0.15) is 0 Å². The quantitative estimate of drug-likeness (QED) is 0.529. The first-order valence-corrected chi connectivity index (χ1v) is 3.50. The summed E-state index contributed by atoms with van der Waals surface area (Å²) in [6, 6.07) is 0. The first-order valence-electron chi connectivity index (χ1n) is 3.50. The van der Waals surface area contributed by atoms with Crippen molar-refractivity contribution in [3.63, 3.8) is 0 Å². The number of halogens is 1. The highest BCUT2D eigenvalue weighted by molar-refractivity contribution is 4.71. The van der Waals surface area contributed by atoms with Gasteiger partial charge in [0, 0.05) is 7.11 Å². The molecule has 0 heterocycles. The molecule has 1 saturated carbocycles. The molecule has 1 nitrogen and oxygen atoms in total. The van der Waals surface area contributed by atoms with Crippen molar-refractivity contribution < 1.29 is 9.13 Å². The Balaban J connectivity index is 2.18. The Morgan fingerprint density at radius 1 is 1.22 bits per heavy atom. The summed E-state index contributed by atoms with van der Waals surface area (Å²) >= 11 is 0. The van der Waals surface area contributed by atoms with Crippen LogP contribution in [0.4, 0.5) is 4.39 Å². The molecule has 2 heteroatoms. The van der Waals surface area contributed by atoms with Gasteiger partial charge in [-0.3, -0.25) is 0 Å². The molecule has 0 aromatic carbocycles. The molecule has 0 N–H and O–H groups in total. The van der Waals surface area contributed by atoms with Gasteiger partial charge < -0.3 is 4.74 Å². The molecule has 54 valence electrons. The third-order valence-electron chi connectivity index (χ3n) is 1.94. The van der Waals surface area contributed by atoms with Crippen LogP contribution >= 0.6 is 0 Å². The van der Waals surface area contributed by atoms with Gasteiger partial charge in [0.05, 0.1) is 6.10 Å². The van der Waals surface area contributed by atoms with E-state index in [0.29, 0.717) is 18.9 Å². The minimum atomic E-state index is -0.559. The number of ether oxygens (including phenoxy) is 1. The zero-order valence-electron chi connectivity index (χ0n) is 5.77. The van der Waals surface area contributed by atoms with Crippen molar-refractivity contribution in [3.8, 4) is 0 Å². The lowest BCUT2D eigenvalue weighted by molar-refractivity contribution is 0.0489. The Kier molecular flexibility index (Phi) is 2.46. The lowest BCUT2D eigenvalue weighted by Crippen LogP contribution is -2.20. The summed E-state index contributed by atoms with van der Waals surface area (Å²) in [5.74, 6) is 0. The van der Waals surface area contributed by atoms with Gasteiger partial charge in [-0.25, -0.2) is 4.39 Å². The lowest BCUT2D eigenvalue weighted by Gasteiger charge is -2.22. The number of hydrogen-bond donors (Lipinski definition) is 0. The minimum absolute atomic E-state index is 0.331.